The number of fused-ring (bicyclic) bond motifs is 1. The molecule has 41 heavy (non-hydrogen) atoms. The molecule has 0 spiro atoms. The highest BCUT2D eigenvalue weighted by Crippen LogP contribution is 2.33. The number of urea groups is 1. The molecule has 0 radical (unpaired) electrons. The summed E-state index contributed by atoms with van der Waals surface area (Å²) in [5.74, 6) is -0.984. The van der Waals surface area contributed by atoms with Gasteiger partial charge < -0.3 is 15.4 Å². The summed E-state index contributed by atoms with van der Waals surface area (Å²) in [5, 5.41) is 10.4. The molecule has 2 aromatic carbocycles. The molecule has 4 aromatic rings. The molecule has 1 aliphatic rings. The number of morpholine rings is 1. The van der Waals surface area contributed by atoms with Crippen molar-refractivity contribution in [1.29, 1.82) is 0 Å². The molecule has 2 N–H and O–H groups in total. The topological polar surface area (TPSA) is 97.2 Å². The summed E-state index contributed by atoms with van der Waals surface area (Å²) in [6.45, 7) is 8.02. The number of halogens is 4. The van der Waals surface area contributed by atoms with Crippen molar-refractivity contribution in [3.8, 4) is 11.3 Å². The third kappa shape index (κ3) is 6.46. The van der Waals surface area contributed by atoms with Gasteiger partial charge in [-0.25, -0.2) is 23.8 Å². The summed E-state index contributed by atoms with van der Waals surface area (Å²) in [5.41, 5.74) is 1.79. The van der Waals surface area contributed by atoms with Crippen LogP contribution in [0.4, 0.5) is 33.7 Å². The Bertz CT molecular complexity index is 1530. The highest BCUT2D eigenvalue weighted by Gasteiger charge is 2.31. The van der Waals surface area contributed by atoms with E-state index in [1.54, 1.807) is 30.6 Å². The fourth-order valence-electron chi connectivity index (χ4n) is 4.67. The van der Waals surface area contributed by atoms with Gasteiger partial charge in [-0.05, 0) is 44.2 Å². The fraction of sp³-hybridized carbons (Fsp3) is 0.357. The number of aromatic nitrogens is 4. The number of rotatable bonds is 7. The lowest BCUT2D eigenvalue weighted by atomic mass is 10.1. The van der Waals surface area contributed by atoms with Crippen LogP contribution in [0.15, 0.2) is 48.8 Å². The van der Waals surface area contributed by atoms with Gasteiger partial charge in [-0.2, -0.15) is 18.3 Å². The molecule has 3 heterocycles. The SMILES string of the molecule is CC(C)n1nc(-c2ccc(NC(=O)Nc3cc(C(F)(F)F)ccc3F)cc2)c2c(CCN3CCOCC3)ncnc21. The van der Waals surface area contributed by atoms with E-state index in [1.807, 2.05) is 18.5 Å². The lowest BCUT2D eigenvalue weighted by Crippen LogP contribution is -2.37. The maximum absolute atomic E-state index is 14.0. The highest BCUT2D eigenvalue weighted by molar-refractivity contribution is 6.00. The number of benzene rings is 2. The normalized spacial score (nSPS) is 14.5. The number of nitrogens with one attached hydrogen (secondary N) is 2. The standard InChI is InChI=1S/C28H29F4N7O2/c1-17(2)39-26-24(22(33-16-34-26)9-10-38-11-13-41-14-12-38)25(37-39)18-3-6-20(7-4-18)35-27(40)36-23-15-19(28(30,31)32)5-8-21(23)29/h3-8,15-17H,9-14H2,1-2H3,(H2,35,36,40). The van der Waals surface area contributed by atoms with Gasteiger partial charge in [0.15, 0.2) is 5.65 Å². The van der Waals surface area contributed by atoms with E-state index < -0.39 is 29.3 Å². The zero-order chi connectivity index (χ0) is 29.1. The maximum atomic E-state index is 14.0. The third-order valence-electron chi connectivity index (χ3n) is 6.78. The Hall–Kier alpha value is -4.10. The Balaban J connectivity index is 1.36. The van der Waals surface area contributed by atoms with Gasteiger partial charge in [0.05, 0.1) is 35.5 Å². The number of carbonyl (C=O) groups excluding carboxylic acids is 1. The molecule has 1 fully saturated rings. The molecule has 0 aliphatic carbocycles. The molecular weight excluding hydrogens is 542 g/mol. The second-order valence-corrected chi connectivity index (χ2v) is 9.96. The lowest BCUT2D eigenvalue weighted by Gasteiger charge is -2.26. The Kier molecular flexibility index (Phi) is 8.18. The Morgan fingerprint density at radius 1 is 1.05 bits per heavy atom. The van der Waals surface area contributed by atoms with Gasteiger partial charge in [0.1, 0.15) is 17.8 Å². The van der Waals surface area contributed by atoms with Crippen molar-refractivity contribution in [3.05, 3.63) is 65.9 Å². The summed E-state index contributed by atoms with van der Waals surface area (Å²) in [7, 11) is 0. The van der Waals surface area contributed by atoms with Crippen LogP contribution < -0.4 is 10.6 Å². The molecule has 0 saturated carbocycles. The summed E-state index contributed by atoms with van der Waals surface area (Å²) < 4.78 is 60.3. The second-order valence-electron chi connectivity index (χ2n) is 9.96. The van der Waals surface area contributed by atoms with Gasteiger partial charge in [-0.3, -0.25) is 4.90 Å². The largest absolute Gasteiger partial charge is 0.416 e. The Labute approximate surface area is 233 Å². The monoisotopic (exact) mass is 571 g/mol. The molecule has 13 heteroatoms. The van der Waals surface area contributed by atoms with Crippen LogP contribution in [-0.2, 0) is 17.3 Å². The number of carbonyl (C=O) groups is 1. The summed E-state index contributed by atoms with van der Waals surface area (Å²) in [6.07, 6.45) is -2.40. The van der Waals surface area contributed by atoms with Crippen molar-refractivity contribution in [1.82, 2.24) is 24.6 Å². The van der Waals surface area contributed by atoms with Gasteiger partial charge in [-0.15, -0.1) is 0 Å². The van der Waals surface area contributed by atoms with E-state index in [4.69, 9.17) is 9.84 Å². The predicted molar refractivity (Wildman–Crippen MR) is 146 cm³/mol. The molecule has 5 rings (SSSR count). The Morgan fingerprint density at radius 2 is 1.78 bits per heavy atom. The van der Waals surface area contributed by atoms with Crippen LogP contribution in [0.5, 0.6) is 0 Å². The van der Waals surface area contributed by atoms with Gasteiger partial charge in [-0.1, -0.05) is 12.1 Å². The van der Waals surface area contributed by atoms with E-state index >= 15 is 0 Å². The van der Waals surface area contributed by atoms with E-state index in [9.17, 15) is 22.4 Å². The molecule has 1 saturated heterocycles. The molecule has 216 valence electrons. The minimum Gasteiger partial charge on any atom is -0.379 e. The zero-order valence-electron chi connectivity index (χ0n) is 22.5. The zero-order valence-corrected chi connectivity index (χ0v) is 22.5. The summed E-state index contributed by atoms with van der Waals surface area (Å²) >= 11 is 0. The number of amides is 2. The first-order valence-corrected chi connectivity index (χ1v) is 13.2. The first-order chi connectivity index (χ1) is 19.6. The summed E-state index contributed by atoms with van der Waals surface area (Å²) in [4.78, 5) is 23.9. The van der Waals surface area contributed by atoms with Gasteiger partial charge in [0.2, 0.25) is 0 Å². The first-order valence-electron chi connectivity index (χ1n) is 13.2. The van der Waals surface area contributed by atoms with Crippen LogP contribution >= 0.6 is 0 Å². The van der Waals surface area contributed by atoms with E-state index in [0.29, 0.717) is 49.2 Å². The van der Waals surface area contributed by atoms with Crippen LogP contribution in [0.3, 0.4) is 0 Å². The van der Waals surface area contributed by atoms with Crippen LogP contribution in [0.2, 0.25) is 0 Å². The average Bonchev–Trinajstić information content (AvgIpc) is 3.34. The first kappa shape index (κ1) is 28.4. The van der Waals surface area contributed by atoms with E-state index in [2.05, 4.69) is 25.5 Å². The molecule has 9 nitrogen and oxygen atoms in total. The fourth-order valence-corrected chi connectivity index (χ4v) is 4.67. The van der Waals surface area contributed by atoms with Crippen LogP contribution in [0.25, 0.3) is 22.3 Å². The van der Waals surface area contributed by atoms with Gasteiger partial charge in [0, 0.05) is 43.3 Å². The van der Waals surface area contributed by atoms with Crippen LogP contribution in [0.1, 0.15) is 31.1 Å². The minimum absolute atomic E-state index is 0.0501. The number of nitrogens with zero attached hydrogens (tertiary/aromatic N) is 5. The minimum atomic E-state index is -4.67. The van der Waals surface area contributed by atoms with Crippen LogP contribution in [0, 0.1) is 5.82 Å². The highest BCUT2D eigenvalue weighted by atomic mass is 19.4. The van der Waals surface area contributed by atoms with E-state index in [1.165, 1.54) is 0 Å². The summed E-state index contributed by atoms with van der Waals surface area (Å²) in [6, 6.07) is 7.79. The Morgan fingerprint density at radius 3 is 2.46 bits per heavy atom. The van der Waals surface area contributed by atoms with Crippen LogP contribution in [-0.4, -0.2) is 63.5 Å². The van der Waals surface area contributed by atoms with Crippen molar-refractivity contribution in [3.63, 3.8) is 0 Å². The molecule has 2 amide bonds. The van der Waals surface area contributed by atoms with Gasteiger partial charge in [0.25, 0.3) is 0 Å². The third-order valence-corrected chi connectivity index (χ3v) is 6.78. The van der Waals surface area contributed by atoms with Crippen molar-refractivity contribution >= 4 is 28.4 Å². The number of hydrogen-bond acceptors (Lipinski definition) is 6. The van der Waals surface area contributed by atoms with Crippen molar-refractivity contribution in [2.75, 3.05) is 43.5 Å². The molecule has 0 unspecified atom stereocenters. The maximum Gasteiger partial charge on any atom is 0.416 e. The van der Waals surface area contributed by atoms with Gasteiger partial charge >= 0.3 is 12.2 Å². The predicted octanol–water partition coefficient (Wildman–Crippen LogP) is 5.75. The van der Waals surface area contributed by atoms with Crippen molar-refractivity contribution < 1.29 is 27.1 Å². The van der Waals surface area contributed by atoms with Crippen molar-refractivity contribution in [2.45, 2.75) is 32.5 Å². The van der Waals surface area contributed by atoms with E-state index in [0.717, 1.165) is 41.9 Å². The van der Waals surface area contributed by atoms with Crippen molar-refractivity contribution in [2.24, 2.45) is 0 Å². The average molecular weight is 572 g/mol. The number of anilines is 2. The number of alkyl halides is 3. The quantitative estimate of drug-likeness (QED) is 0.274. The smallest absolute Gasteiger partial charge is 0.379 e. The molecule has 0 atom stereocenters. The molecule has 0 bridgehead atoms. The molecular formula is C28H29F4N7O2. The lowest BCUT2D eigenvalue weighted by molar-refractivity contribution is -0.137. The molecule has 2 aromatic heterocycles. The second kappa shape index (κ2) is 11.8. The number of hydrogen-bond donors (Lipinski definition) is 2. The molecule has 1 aliphatic heterocycles. The van der Waals surface area contributed by atoms with E-state index in [-0.39, 0.29) is 6.04 Å². The number of ether oxygens (including phenoxy) is 1.